The molecule has 134 valence electrons. The van der Waals surface area contributed by atoms with Crippen LogP contribution in [0, 0.1) is 13.8 Å². The van der Waals surface area contributed by atoms with E-state index in [2.05, 4.69) is 29.3 Å². The Hall–Kier alpha value is -2.30. The largest absolute Gasteiger partial charge is 0.497 e. The molecule has 0 radical (unpaired) electrons. The summed E-state index contributed by atoms with van der Waals surface area (Å²) in [5.74, 6) is 1.28. The minimum absolute atomic E-state index is 0.171. The molecule has 0 spiro atoms. The number of benzene rings is 1. The van der Waals surface area contributed by atoms with E-state index < -0.39 is 0 Å². The summed E-state index contributed by atoms with van der Waals surface area (Å²) < 4.78 is 5.32. The second-order valence-corrected chi connectivity index (χ2v) is 7.01. The Morgan fingerprint density at radius 3 is 2.84 bits per heavy atom. The number of H-pyrrole nitrogens is 1. The zero-order valence-electron chi connectivity index (χ0n) is 15.6. The molecule has 1 aromatic heterocycles. The molecule has 0 aliphatic carbocycles. The highest BCUT2D eigenvalue weighted by Gasteiger charge is 2.23. The SMILES string of the molecule is COc1ccc2c(c1)CCCN(C(=O)C[C@H](C)c1c(C)n[nH]c1C)C2. The molecule has 1 N–H and O–H groups in total. The third-order valence-electron chi connectivity index (χ3n) is 5.16. The molecule has 25 heavy (non-hydrogen) atoms. The minimum Gasteiger partial charge on any atom is -0.497 e. The predicted molar refractivity (Wildman–Crippen MR) is 97.8 cm³/mol. The van der Waals surface area contributed by atoms with Crippen LogP contribution < -0.4 is 4.74 Å². The molecule has 0 bridgehead atoms. The Labute approximate surface area is 149 Å². The van der Waals surface area contributed by atoms with E-state index in [0.29, 0.717) is 13.0 Å². The van der Waals surface area contributed by atoms with Crippen LogP contribution in [-0.4, -0.2) is 34.7 Å². The highest BCUT2D eigenvalue weighted by molar-refractivity contribution is 5.77. The summed E-state index contributed by atoms with van der Waals surface area (Å²) in [6.07, 6.45) is 2.50. The summed E-state index contributed by atoms with van der Waals surface area (Å²) in [5, 5.41) is 7.27. The summed E-state index contributed by atoms with van der Waals surface area (Å²) in [5.41, 5.74) is 5.75. The van der Waals surface area contributed by atoms with Gasteiger partial charge in [0.05, 0.1) is 12.8 Å². The van der Waals surface area contributed by atoms with Crippen LogP contribution in [0.3, 0.4) is 0 Å². The van der Waals surface area contributed by atoms with Crippen LogP contribution in [0.4, 0.5) is 0 Å². The van der Waals surface area contributed by atoms with Crippen LogP contribution in [-0.2, 0) is 17.8 Å². The van der Waals surface area contributed by atoms with Crippen molar-refractivity contribution in [3.8, 4) is 5.75 Å². The number of aromatic amines is 1. The van der Waals surface area contributed by atoms with Crippen molar-refractivity contribution in [2.45, 2.75) is 52.5 Å². The summed E-state index contributed by atoms with van der Waals surface area (Å²) in [7, 11) is 1.69. The number of hydrogen-bond acceptors (Lipinski definition) is 3. The lowest BCUT2D eigenvalue weighted by atomic mass is 9.95. The second-order valence-electron chi connectivity index (χ2n) is 7.01. The Morgan fingerprint density at radius 1 is 1.36 bits per heavy atom. The molecule has 0 saturated carbocycles. The van der Waals surface area contributed by atoms with Crippen LogP contribution in [0.1, 0.15) is 53.8 Å². The Balaban J connectivity index is 1.72. The Kier molecular flexibility index (Phi) is 5.11. The molecular formula is C20H27N3O2. The number of carbonyl (C=O) groups excluding carboxylic acids is 1. The first-order valence-corrected chi connectivity index (χ1v) is 8.94. The molecule has 5 nitrogen and oxygen atoms in total. The molecule has 1 aliphatic heterocycles. The number of fused-ring (bicyclic) bond motifs is 1. The van der Waals surface area contributed by atoms with Gasteiger partial charge in [-0.05, 0) is 61.4 Å². The Morgan fingerprint density at radius 2 is 2.16 bits per heavy atom. The zero-order valence-corrected chi connectivity index (χ0v) is 15.6. The average molecular weight is 341 g/mol. The van der Waals surface area contributed by atoms with Gasteiger partial charge in [-0.15, -0.1) is 0 Å². The maximum Gasteiger partial charge on any atom is 0.223 e. The molecule has 1 aromatic carbocycles. The molecule has 1 aliphatic rings. The van der Waals surface area contributed by atoms with Gasteiger partial charge in [0.15, 0.2) is 0 Å². The third kappa shape index (κ3) is 3.70. The molecule has 5 heteroatoms. The van der Waals surface area contributed by atoms with E-state index in [1.54, 1.807) is 7.11 Å². The molecule has 1 atom stereocenters. The highest BCUT2D eigenvalue weighted by atomic mass is 16.5. The number of carbonyl (C=O) groups is 1. The lowest BCUT2D eigenvalue weighted by Crippen LogP contribution is -2.31. The van der Waals surface area contributed by atoms with Crippen molar-refractivity contribution in [2.75, 3.05) is 13.7 Å². The van der Waals surface area contributed by atoms with Crippen molar-refractivity contribution in [2.24, 2.45) is 0 Å². The summed E-state index contributed by atoms with van der Waals surface area (Å²) >= 11 is 0. The number of methoxy groups -OCH3 is 1. The summed E-state index contributed by atoms with van der Waals surface area (Å²) in [6.45, 7) is 7.63. The van der Waals surface area contributed by atoms with Gasteiger partial charge in [-0.2, -0.15) is 5.10 Å². The monoisotopic (exact) mass is 341 g/mol. The van der Waals surface area contributed by atoms with Crippen LogP contribution >= 0.6 is 0 Å². The van der Waals surface area contributed by atoms with E-state index in [1.807, 2.05) is 24.8 Å². The van der Waals surface area contributed by atoms with Gasteiger partial charge in [-0.1, -0.05) is 13.0 Å². The number of aryl methyl sites for hydroxylation is 3. The number of aromatic nitrogens is 2. The number of rotatable bonds is 4. The molecule has 0 fully saturated rings. The van der Waals surface area contributed by atoms with Gasteiger partial charge < -0.3 is 9.64 Å². The van der Waals surface area contributed by atoms with E-state index >= 15 is 0 Å². The number of hydrogen-bond donors (Lipinski definition) is 1. The van der Waals surface area contributed by atoms with Crippen molar-refractivity contribution in [1.82, 2.24) is 15.1 Å². The van der Waals surface area contributed by atoms with Crippen LogP contribution in [0.25, 0.3) is 0 Å². The van der Waals surface area contributed by atoms with Gasteiger partial charge in [0.1, 0.15) is 5.75 Å². The van der Waals surface area contributed by atoms with Crippen molar-refractivity contribution in [1.29, 1.82) is 0 Å². The first-order chi connectivity index (χ1) is 12.0. The van der Waals surface area contributed by atoms with Crippen LogP contribution in [0.5, 0.6) is 5.75 Å². The quantitative estimate of drug-likeness (QED) is 0.926. The molecule has 1 amide bonds. The van der Waals surface area contributed by atoms with E-state index in [0.717, 1.165) is 36.5 Å². The number of amides is 1. The topological polar surface area (TPSA) is 58.2 Å². The molecule has 2 heterocycles. The highest BCUT2D eigenvalue weighted by Crippen LogP contribution is 2.27. The summed E-state index contributed by atoms with van der Waals surface area (Å²) in [6, 6.07) is 6.17. The minimum atomic E-state index is 0.171. The molecule has 3 rings (SSSR count). The lowest BCUT2D eigenvalue weighted by molar-refractivity contribution is -0.132. The standard InChI is InChI=1S/C20H27N3O2/c1-13(20-14(2)21-22-15(20)3)10-19(24)23-9-5-6-16-11-18(25-4)8-7-17(16)12-23/h7-8,11,13H,5-6,9-10,12H2,1-4H3,(H,21,22)/t13-/m0/s1. The normalized spacial score (nSPS) is 15.4. The van der Waals surface area contributed by atoms with Crippen LogP contribution in [0.2, 0.25) is 0 Å². The zero-order chi connectivity index (χ0) is 18.0. The predicted octanol–water partition coefficient (Wildman–Crippen LogP) is 3.50. The maximum atomic E-state index is 12.9. The average Bonchev–Trinajstić information content (AvgIpc) is 2.81. The van der Waals surface area contributed by atoms with Gasteiger partial charge in [-0.3, -0.25) is 9.89 Å². The third-order valence-corrected chi connectivity index (χ3v) is 5.16. The summed E-state index contributed by atoms with van der Waals surface area (Å²) in [4.78, 5) is 14.9. The van der Waals surface area contributed by atoms with E-state index in [-0.39, 0.29) is 11.8 Å². The van der Waals surface area contributed by atoms with Gasteiger partial charge >= 0.3 is 0 Å². The molecular weight excluding hydrogens is 314 g/mol. The number of ether oxygens (including phenoxy) is 1. The van der Waals surface area contributed by atoms with Crippen molar-refractivity contribution >= 4 is 5.91 Å². The number of nitrogens with one attached hydrogen (secondary N) is 1. The lowest BCUT2D eigenvalue weighted by Gasteiger charge is -2.23. The fraction of sp³-hybridized carbons (Fsp3) is 0.500. The van der Waals surface area contributed by atoms with E-state index in [9.17, 15) is 4.79 Å². The van der Waals surface area contributed by atoms with Crippen molar-refractivity contribution < 1.29 is 9.53 Å². The maximum absolute atomic E-state index is 12.9. The molecule has 0 unspecified atom stereocenters. The Bertz CT molecular complexity index is 747. The fourth-order valence-corrected chi connectivity index (χ4v) is 3.85. The van der Waals surface area contributed by atoms with Gasteiger partial charge in [0.25, 0.3) is 0 Å². The smallest absolute Gasteiger partial charge is 0.223 e. The first kappa shape index (κ1) is 17.5. The van der Waals surface area contributed by atoms with Gasteiger partial charge in [-0.25, -0.2) is 0 Å². The van der Waals surface area contributed by atoms with Crippen molar-refractivity contribution in [3.63, 3.8) is 0 Å². The fourth-order valence-electron chi connectivity index (χ4n) is 3.85. The van der Waals surface area contributed by atoms with E-state index in [1.165, 1.54) is 16.7 Å². The van der Waals surface area contributed by atoms with Crippen molar-refractivity contribution in [3.05, 3.63) is 46.3 Å². The van der Waals surface area contributed by atoms with Crippen LogP contribution in [0.15, 0.2) is 18.2 Å². The molecule has 0 saturated heterocycles. The second kappa shape index (κ2) is 7.30. The van der Waals surface area contributed by atoms with Gasteiger partial charge in [0.2, 0.25) is 5.91 Å². The van der Waals surface area contributed by atoms with E-state index in [4.69, 9.17) is 4.74 Å². The molecule has 2 aromatic rings. The first-order valence-electron chi connectivity index (χ1n) is 8.94. The van der Waals surface area contributed by atoms with Gasteiger partial charge in [0, 0.05) is 25.2 Å². The number of nitrogens with zero attached hydrogens (tertiary/aromatic N) is 2.